The van der Waals surface area contributed by atoms with E-state index in [1.807, 2.05) is 42.5 Å². The van der Waals surface area contributed by atoms with Gasteiger partial charge in [-0.1, -0.05) is 26.2 Å². The van der Waals surface area contributed by atoms with Crippen LogP contribution in [0.2, 0.25) is 0 Å². The highest BCUT2D eigenvalue weighted by Gasteiger charge is 2.33. The number of ether oxygens (including phenoxy) is 2. The van der Waals surface area contributed by atoms with Crippen molar-refractivity contribution in [2.24, 2.45) is 0 Å². The van der Waals surface area contributed by atoms with Gasteiger partial charge in [0.25, 0.3) is 11.8 Å². The summed E-state index contributed by atoms with van der Waals surface area (Å²) >= 11 is 3.31. The Bertz CT molecular complexity index is 1190. The molecule has 3 aromatic rings. The van der Waals surface area contributed by atoms with Gasteiger partial charge in [0.1, 0.15) is 11.5 Å². The fourth-order valence-corrected chi connectivity index (χ4v) is 4.35. The van der Waals surface area contributed by atoms with E-state index in [4.69, 9.17) is 9.47 Å². The number of H-pyrrole nitrogens is 1. The molecule has 0 fully saturated rings. The highest BCUT2D eigenvalue weighted by atomic mass is 79.9. The second-order valence-electron chi connectivity index (χ2n) is 7.69. The maximum absolute atomic E-state index is 12.7. The van der Waals surface area contributed by atoms with E-state index >= 15 is 0 Å². The predicted molar refractivity (Wildman–Crippen MR) is 129 cm³/mol. The summed E-state index contributed by atoms with van der Waals surface area (Å²) in [7, 11) is 1.61. The van der Waals surface area contributed by atoms with E-state index in [9.17, 15) is 9.59 Å². The van der Waals surface area contributed by atoms with Crippen molar-refractivity contribution < 1.29 is 19.1 Å². The molecule has 0 aliphatic carbocycles. The molecule has 6 nitrogen and oxygen atoms in total. The number of hydrogen-bond acceptors (Lipinski definition) is 4. The number of aromatic amines is 1. The molecule has 0 atom stereocenters. The summed E-state index contributed by atoms with van der Waals surface area (Å²) in [6.07, 6.45) is 4.51. The van der Waals surface area contributed by atoms with E-state index in [2.05, 4.69) is 33.2 Å². The molecule has 1 aliphatic heterocycles. The molecule has 0 unspecified atom stereocenters. The number of carbonyl (C=O) groups excluding carboxylic acids is 2. The van der Waals surface area contributed by atoms with Gasteiger partial charge in [0, 0.05) is 16.5 Å². The quantitative estimate of drug-likeness (QED) is 0.300. The molecule has 2 aromatic carbocycles. The normalized spacial score (nSPS) is 13.7. The van der Waals surface area contributed by atoms with E-state index in [0.29, 0.717) is 17.7 Å². The Morgan fingerprint density at radius 1 is 0.938 bits per heavy atom. The number of imide groups is 1. The summed E-state index contributed by atoms with van der Waals surface area (Å²) in [5.74, 6) is 0.600. The van der Waals surface area contributed by atoms with Gasteiger partial charge in [-0.3, -0.25) is 14.9 Å². The standard InChI is InChI=1S/C25H25BrN2O4/c1-3-4-5-6-13-32-17-11-12-19-18(14-17)20(21-22(26)25(30)28-24(21)29)23(27-19)15-7-9-16(31-2)10-8-15/h7-12,14,27H,3-6,13H2,1-2H3,(H,28,29,30). The first-order valence-electron chi connectivity index (χ1n) is 10.7. The van der Waals surface area contributed by atoms with Crippen LogP contribution in [-0.4, -0.2) is 30.5 Å². The SMILES string of the molecule is CCCCCCOc1ccc2[nH]c(-c3ccc(OC)cc3)c(C3=C(Br)C(=O)NC3=O)c2c1. The second kappa shape index (κ2) is 9.61. The number of unbranched alkanes of at least 4 members (excludes halogenated alkanes) is 3. The first-order chi connectivity index (χ1) is 15.5. The van der Waals surface area contributed by atoms with Gasteiger partial charge in [-0.25, -0.2) is 0 Å². The zero-order valence-electron chi connectivity index (χ0n) is 18.1. The number of aromatic nitrogens is 1. The second-order valence-corrected chi connectivity index (χ2v) is 8.49. The van der Waals surface area contributed by atoms with Crippen molar-refractivity contribution in [3.05, 3.63) is 52.5 Å². The molecule has 0 bridgehead atoms. The Balaban J connectivity index is 1.80. The smallest absolute Gasteiger partial charge is 0.265 e. The van der Waals surface area contributed by atoms with Crippen molar-refractivity contribution in [2.75, 3.05) is 13.7 Å². The number of halogens is 1. The van der Waals surface area contributed by atoms with Crippen LogP contribution in [0.5, 0.6) is 11.5 Å². The van der Waals surface area contributed by atoms with Gasteiger partial charge < -0.3 is 14.5 Å². The summed E-state index contributed by atoms with van der Waals surface area (Å²) in [5, 5.41) is 3.19. The summed E-state index contributed by atoms with van der Waals surface area (Å²) in [4.78, 5) is 28.3. The van der Waals surface area contributed by atoms with Crippen LogP contribution in [0.4, 0.5) is 0 Å². The number of carbonyl (C=O) groups is 2. The molecule has 2 heterocycles. The largest absolute Gasteiger partial charge is 0.497 e. The molecule has 2 N–H and O–H groups in total. The minimum absolute atomic E-state index is 0.226. The molecule has 2 amide bonds. The van der Waals surface area contributed by atoms with Crippen LogP contribution in [0, 0.1) is 0 Å². The number of rotatable bonds is 9. The van der Waals surface area contributed by atoms with Crippen LogP contribution in [0.15, 0.2) is 46.9 Å². The van der Waals surface area contributed by atoms with Gasteiger partial charge in [-0.05, 0) is 70.4 Å². The molecule has 166 valence electrons. The molecule has 7 heteroatoms. The van der Waals surface area contributed by atoms with Crippen LogP contribution in [-0.2, 0) is 9.59 Å². The fraction of sp³-hybridized carbons (Fsp3) is 0.280. The van der Waals surface area contributed by atoms with E-state index in [1.165, 1.54) is 12.8 Å². The molecular formula is C25H25BrN2O4. The van der Waals surface area contributed by atoms with Gasteiger partial charge in [-0.15, -0.1) is 0 Å². The number of methoxy groups -OCH3 is 1. The molecule has 0 saturated heterocycles. The van der Waals surface area contributed by atoms with Crippen LogP contribution in [0.1, 0.15) is 38.2 Å². The molecule has 1 aliphatic rings. The van der Waals surface area contributed by atoms with Crippen molar-refractivity contribution in [2.45, 2.75) is 32.6 Å². The van der Waals surface area contributed by atoms with Crippen molar-refractivity contribution >= 4 is 44.2 Å². The first-order valence-corrected chi connectivity index (χ1v) is 11.5. The lowest BCUT2D eigenvalue weighted by atomic mass is 9.98. The third kappa shape index (κ3) is 4.30. The topological polar surface area (TPSA) is 80.4 Å². The van der Waals surface area contributed by atoms with Gasteiger partial charge in [-0.2, -0.15) is 0 Å². The fourth-order valence-electron chi connectivity index (χ4n) is 3.87. The third-order valence-corrected chi connectivity index (χ3v) is 6.29. The van der Waals surface area contributed by atoms with Crippen molar-refractivity contribution in [1.29, 1.82) is 0 Å². The molecule has 0 spiro atoms. The summed E-state index contributed by atoms with van der Waals surface area (Å²) in [6.45, 7) is 2.82. The third-order valence-electron chi connectivity index (χ3n) is 5.54. The van der Waals surface area contributed by atoms with E-state index in [0.717, 1.165) is 46.5 Å². The van der Waals surface area contributed by atoms with E-state index < -0.39 is 11.8 Å². The van der Waals surface area contributed by atoms with Gasteiger partial charge in [0.05, 0.1) is 29.5 Å². The lowest BCUT2D eigenvalue weighted by Crippen LogP contribution is -2.22. The van der Waals surface area contributed by atoms with Crippen molar-refractivity contribution in [1.82, 2.24) is 10.3 Å². The first kappa shape index (κ1) is 22.1. The average molecular weight is 497 g/mol. The van der Waals surface area contributed by atoms with Crippen LogP contribution >= 0.6 is 15.9 Å². The number of benzene rings is 2. The molecule has 32 heavy (non-hydrogen) atoms. The monoisotopic (exact) mass is 496 g/mol. The van der Waals surface area contributed by atoms with E-state index in [-0.39, 0.29) is 4.48 Å². The summed E-state index contributed by atoms with van der Waals surface area (Å²) in [5.41, 5.74) is 3.45. The highest BCUT2D eigenvalue weighted by molar-refractivity contribution is 9.12. The Labute approximate surface area is 195 Å². The van der Waals surface area contributed by atoms with Crippen LogP contribution in [0.25, 0.3) is 27.7 Å². The Kier molecular flexibility index (Phi) is 6.65. The maximum atomic E-state index is 12.7. The van der Waals surface area contributed by atoms with E-state index in [1.54, 1.807) is 7.11 Å². The lowest BCUT2D eigenvalue weighted by Gasteiger charge is -2.08. The molecular weight excluding hydrogens is 472 g/mol. The number of hydrogen-bond donors (Lipinski definition) is 2. The van der Waals surface area contributed by atoms with Crippen molar-refractivity contribution in [3.63, 3.8) is 0 Å². The number of amides is 2. The van der Waals surface area contributed by atoms with Gasteiger partial charge in [0.15, 0.2) is 0 Å². The molecule has 0 radical (unpaired) electrons. The number of nitrogens with one attached hydrogen (secondary N) is 2. The lowest BCUT2D eigenvalue weighted by molar-refractivity contribution is -0.123. The van der Waals surface area contributed by atoms with Crippen molar-refractivity contribution in [3.8, 4) is 22.8 Å². The predicted octanol–water partition coefficient (Wildman–Crippen LogP) is 5.57. The maximum Gasteiger partial charge on any atom is 0.265 e. The summed E-state index contributed by atoms with van der Waals surface area (Å²) in [6, 6.07) is 13.3. The van der Waals surface area contributed by atoms with Gasteiger partial charge in [0.2, 0.25) is 0 Å². The van der Waals surface area contributed by atoms with Gasteiger partial charge >= 0.3 is 0 Å². The number of fused-ring (bicyclic) bond motifs is 1. The highest BCUT2D eigenvalue weighted by Crippen LogP contribution is 2.41. The Morgan fingerprint density at radius 2 is 1.69 bits per heavy atom. The Hall–Kier alpha value is -3.06. The average Bonchev–Trinajstić information content (AvgIpc) is 3.29. The van der Waals surface area contributed by atoms with Crippen LogP contribution < -0.4 is 14.8 Å². The zero-order valence-corrected chi connectivity index (χ0v) is 19.7. The zero-order chi connectivity index (χ0) is 22.7. The molecule has 4 rings (SSSR count). The minimum Gasteiger partial charge on any atom is -0.497 e. The summed E-state index contributed by atoms with van der Waals surface area (Å²) < 4.78 is 11.5. The molecule has 0 saturated carbocycles. The Morgan fingerprint density at radius 3 is 2.34 bits per heavy atom. The van der Waals surface area contributed by atoms with Crippen LogP contribution in [0.3, 0.4) is 0 Å². The minimum atomic E-state index is -0.441. The molecule has 1 aromatic heterocycles.